The monoisotopic (exact) mass is 166 g/mol. The molecule has 2 nitrogen and oxygen atoms in total. The van der Waals surface area contributed by atoms with E-state index in [9.17, 15) is 4.79 Å². The van der Waals surface area contributed by atoms with Gasteiger partial charge in [0.1, 0.15) is 0 Å². The number of hydrogen-bond acceptors (Lipinski definition) is 2. The fourth-order valence-electron chi connectivity index (χ4n) is 1.17. The van der Waals surface area contributed by atoms with Crippen LogP contribution < -0.4 is 0 Å². The molecule has 0 bridgehead atoms. The lowest BCUT2D eigenvalue weighted by molar-refractivity contribution is -0.140. The van der Waals surface area contributed by atoms with Crippen molar-refractivity contribution < 1.29 is 9.53 Å². The van der Waals surface area contributed by atoms with Gasteiger partial charge in [0.25, 0.3) is 0 Å². The smallest absolute Gasteiger partial charge is 0.302 e. The Hall–Kier alpha value is -1.05. The molecule has 1 aliphatic rings. The molecule has 1 rings (SSSR count). The molecule has 0 N–H and O–H groups in total. The first-order valence-electron chi connectivity index (χ1n) is 4.28. The standard InChI is InChI=1S/C10H14O2/c1-9(11)12-8-7-10-5-3-2-4-6-10/h3,5-6H,2,4,7-8H2,1H3. The SMILES string of the molecule is CC(=O)OCCC1=CCCC=C1. The number of esters is 1. The van der Waals surface area contributed by atoms with E-state index >= 15 is 0 Å². The third-order valence-corrected chi connectivity index (χ3v) is 1.77. The normalized spacial score (nSPS) is 15.6. The zero-order chi connectivity index (χ0) is 8.81. The highest BCUT2D eigenvalue weighted by atomic mass is 16.5. The molecule has 0 aromatic carbocycles. The molecule has 0 saturated carbocycles. The number of hydrogen-bond donors (Lipinski definition) is 0. The van der Waals surface area contributed by atoms with Crippen LogP contribution in [0.25, 0.3) is 0 Å². The first-order valence-corrected chi connectivity index (χ1v) is 4.28. The van der Waals surface area contributed by atoms with E-state index in [4.69, 9.17) is 4.74 Å². The predicted octanol–water partition coefficient (Wildman–Crippen LogP) is 2.22. The first kappa shape index (κ1) is 9.04. The second kappa shape index (κ2) is 4.75. The van der Waals surface area contributed by atoms with Crippen LogP contribution in [0.2, 0.25) is 0 Å². The van der Waals surface area contributed by atoms with E-state index in [2.05, 4.69) is 18.2 Å². The Morgan fingerprint density at radius 3 is 3.00 bits per heavy atom. The highest BCUT2D eigenvalue weighted by molar-refractivity contribution is 5.65. The fourth-order valence-corrected chi connectivity index (χ4v) is 1.17. The van der Waals surface area contributed by atoms with Gasteiger partial charge in [-0.3, -0.25) is 4.79 Å². The lowest BCUT2D eigenvalue weighted by Crippen LogP contribution is -2.01. The Balaban J connectivity index is 2.18. The maximum atomic E-state index is 10.4. The highest BCUT2D eigenvalue weighted by Crippen LogP contribution is 2.12. The molecule has 0 saturated heterocycles. The summed E-state index contributed by atoms with van der Waals surface area (Å²) in [4.78, 5) is 10.4. The average molecular weight is 166 g/mol. The van der Waals surface area contributed by atoms with Gasteiger partial charge in [0.05, 0.1) is 6.61 Å². The summed E-state index contributed by atoms with van der Waals surface area (Å²) < 4.78 is 4.83. The van der Waals surface area contributed by atoms with Crippen LogP contribution in [0.15, 0.2) is 23.8 Å². The lowest BCUT2D eigenvalue weighted by atomic mass is 10.1. The number of allylic oxidation sites excluding steroid dienone is 3. The summed E-state index contributed by atoms with van der Waals surface area (Å²) >= 11 is 0. The van der Waals surface area contributed by atoms with Crippen molar-refractivity contribution in [3.05, 3.63) is 23.8 Å². The molecule has 0 aromatic rings. The second-order valence-corrected chi connectivity index (χ2v) is 2.85. The maximum absolute atomic E-state index is 10.4. The van der Waals surface area contributed by atoms with Crippen LogP contribution in [0.1, 0.15) is 26.2 Å². The van der Waals surface area contributed by atoms with Gasteiger partial charge in [0, 0.05) is 13.3 Å². The van der Waals surface area contributed by atoms with Crippen molar-refractivity contribution in [2.24, 2.45) is 0 Å². The molecular weight excluding hydrogens is 152 g/mol. The summed E-state index contributed by atoms with van der Waals surface area (Å²) in [5.41, 5.74) is 1.28. The van der Waals surface area contributed by atoms with E-state index in [0.29, 0.717) is 6.61 Å². The topological polar surface area (TPSA) is 26.3 Å². The Bertz CT molecular complexity index is 214. The summed E-state index contributed by atoms with van der Waals surface area (Å²) in [5.74, 6) is -0.199. The fraction of sp³-hybridized carbons (Fsp3) is 0.500. The molecule has 0 aromatic heterocycles. The van der Waals surface area contributed by atoms with Crippen molar-refractivity contribution in [2.75, 3.05) is 6.61 Å². The van der Waals surface area contributed by atoms with Gasteiger partial charge in [-0.25, -0.2) is 0 Å². The third-order valence-electron chi connectivity index (χ3n) is 1.77. The van der Waals surface area contributed by atoms with Gasteiger partial charge < -0.3 is 4.74 Å². The van der Waals surface area contributed by atoms with Crippen molar-refractivity contribution in [3.8, 4) is 0 Å². The van der Waals surface area contributed by atoms with Crippen molar-refractivity contribution in [3.63, 3.8) is 0 Å². The largest absolute Gasteiger partial charge is 0.466 e. The Labute approximate surface area is 72.9 Å². The molecule has 12 heavy (non-hydrogen) atoms. The number of carbonyl (C=O) groups is 1. The van der Waals surface area contributed by atoms with Crippen molar-refractivity contribution >= 4 is 5.97 Å². The molecule has 0 atom stereocenters. The zero-order valence-electron chi connectivity index (χ0n) is 7.38. The van der Waals surface area contributed by atoms with Gasteiger partial charge in [0.2, 0.25) is 0 Å². The predicted molar refractivity (Wildman–Crippen MR) is 47.7 cm³/mol. The lowest BCUT2D eigenvalue weighted by Gasteiger charge is -2.06. The van der Waals surface area contributed by atoms with Crippen molar-refractivity contribution in [1.82, 2.24) is 0 Å². The third kappa shape index (κ3) is 3.37. The van der Waals surface area contributed by atoms with Crippen molar-refractivity contribution in [1.29, 1.82) is 0 Å². The molecule has 0 spiro atoms. The molecule has 66 valence electrons. The van der Waals surface area contributed by atoms with E-state index in [-0.39, 0.29) is 5.97 Å². The summed E-state index contributed by atoms with van der Waals surface area (Å²) in [7, 11) is 0. The van der Waals surface area contributed by atoms with Crippen LogP contribution in [0, 0.1) is 0 Å². The molecule has 0 heterocycles. The van der Waals surface area contributed by atoms with Gasteiger partial charge in [-0.2, -0.15) is 0 Å². The highest BCUT2D eigenvalue weighted by Gasteiger charge is 1.98. The van der Waals surface area contributed by atoms with Crippen LogP contribution in [0.5, 0.6) is 0 Å². The minimum Gasteiger partial charge on any atom is -0.466 e. The summed E-state index contributed by atoms with van der Waals surface area (Å²) in [6.07, 6.45) is 9.55. The Morgan fingerprint density at radius 1 is 1.58 bits per heavy atom. The molecule has 2 heteroatoms. The maximum Gasteiger partial charge on any atom is 0.302 e. The van der Waals surface area contributed by atoms with E-state index in [1.54, 1.807) is 0 Å². The summed E-state index contributed by atoms with van der Waals surface area (Å²) in [6.45, 7) is 1.94. The van der Waals surface area contributed by atoms with Crippen LogP contribution in [0.3, 0.4) is 0 Å². The Kier molecular flexibility index (Phi) is 3.58. The van der Waals surface area contributed by atoms with E-state index in [1.165, 1.54) is 12.5 Å². The molecule has 1 aliphatic carbocycles. The molecule has 0 fully saturated rings. The first-order chi connectivity index (χ1) is 5.79. The quantitative estimate of drug-likeness (QED) is 0.601. The molecule has 0 aliphatic heterocycles. The van der Waals surface area contributed by atoms with Gasteiger partial charge in [-0.05, 0) is 18.4 Å². The molecular formula is C10H14O2. The van der Waals surface area contributed by atoms with Gasteiger partial charge >= 0.3 is 5.97 Å². The minimum absolute atomic E-state index is 0.199. The van der Waals surface area contributed by atoms with Gasteiger partial charge in [-0.15, -0.1) is 0 Å². The molecule has 0 radical (unpaired) electrons. The van der Waals surface area contributed by atoms with Crippen LogP contribution in [0.4, 0.5) is 0 Å². The van der Waals surface area contributed by atoms with E-state index in [1.807, 2.05) is 0 Å². The van der Waals surface area contributed by atoms with Crippen LogP contribution >= 0.6 is 0 Å². The van der Waals surface area contributed by atoms with E-state index in [0.717, 1.165) is 19.3 Å². The summed E-state index contributed by atoms with van der Waals surface area (Å²) in [5, 5.41) is 0. The second-order valence-electron chi connectivity index (χ2n) is 2.85. The zero-order valence-corrected chi connectivity index (χ0v) is 7.38. The number of ether oxygens (including phenoxy) is 1. The van der Waals surface area contributed by atoms with E-state index < -0.39 is 0 Å². The Morgan fingerprint density at radius 2 is 2.42 bits per heavy atom. The molecule has 0 amide bonds. The van der Waals surface area contributed by atoms with Crippen LogP contribution in [-0.2, 0) is 9.53 Å². The van der Waals surface area contributed by atoms with Crippen LogP contribution in [-0.4, -0.2) is 12.6 Å². The number of carbonyl (C=O) groups excluding carboxylic acids is 1. The van der Waals surface area contributed by atoms with Gasteiger partial charge in [0.15, 0.2) is 0 Å². The summed E-state index contributed by atoms with van der Waals surface area (Å²) in [6, 6.07) is 0. The van der Waals surface area contributed by atoms with Gasteiger partial charge in [-0.1, -0.05) is 18.2 Å². The minimum atomic E-state index is -0.199. The number of rotatable bonds is 3. The molecule has 0 unspecified atom stereocenters. The van der Waals surface area contributed by atoms with Crippen molar-refractivity contribution in [2.45, 2.75) is 26.2 Å². The average Bonchev–Trinajstić information content (AvgIpc) is 2.05.